The smallest absolute Gasteiger partial charge is 0.0554 e. The van der Waals surface area contributed by atoms with Gasteiger partial charge in [0.1, 0.15) is 0 Å². The van der Waals surface area contributed by atoms with E-state index in [1.54, 1.807) is 11.3 Å². The average Bonchev–Trinajstić information content (AvgIpc) is 3.77. The summed E-state index contributed by atoms with van der Waals surface area (Å²) in [6.07, 6.45) is 6.29. The van der Waals surface area contributed by atoms with Gasteiger partial charge in [-0.25, -0.2) is 0 Å². The largest absolute Gasteiger partial charge is 0.310 e. The molecular weight excluding hydrogens is 681 g/mol. The third kappa shape index (κ3) is 6.02. The molecule has 0 unspecified atom stereocenters. The van der Waals surface area contributed by atoms with Crippen LogP contribution in [0.5, 0.6) is 0 Å². The van der Waals surface area contributed by atoms with E-state index >= 15 is 0 Å². The van der Waals surface area contributed by atoms with Crippen LogP contribution in [0.25, 0.3) is 53.5 Å². The van der Waals surface area contributed by atoms with Crippen molar-refractivity contribution >= 4 is 99.2 Å². The molecule has 0 amide bonds. The van der Waals surface area contributed by atoms with Crippen LogP contribution in [0, 0.1) is 0 Å². The summed E-state index contributed by atoms with van der Waals surface area (Å²) in [5.41, 5.74) is 10.4. The van der Waals surface area contributed by atoms with Gasteiger partial charge in [0.15, 0.2) is 0 Å². The molecule has 254 valence electrons. The Hall–Kier alpha value is -6.20. The van der Waals surface area contributed by atoms with Crippen molar-refractivity contribution in [2.45, 2.75) is 6.92 Å². The van der Waals surface area contributed by atoms with Crippen LogP contribution in [0.2, 0.25) is 0 Å². The molecule has 0 aliphatic rings. The number of thiophene rings is 2. The van der Waals surface area contributed by atoms with E-state index in [1.165, 1.54) is 51.8 Å². The normalized spacial score (nSPS) is 11.5. The molecule has 2 aromatic heterocycles. The van der Waals surface area contributed by atoms with Crippen molar-refractivity contribution in [3.63, 3.8) is 0 Å². The van der Waals surface area contributed by atoms with Crippen molar-refractivity contribution in [2.75, 3.05) is 9.80 Å². The van der Waals surface area contributed by atoms with Crippen molar-refractivity contribution in [2.24, 2.45) is 0 Å². The highest BCUT2D eigenvalue weighted by Gasteiger charge is 2.21. The van der Waals surface area contributed by atoms with Crippen LogP contribution in [-0.2, 0) is 0 Å². The van der Waals surface area contributed by atoms with Crippen LogP contribution in [0.3, 0.4) is 0 Å². The lowest BCUT2D eigenvalue weighted by atomic mass is 10.0. The molecule has 2 heterocycles. The number of allylic oxidation sites excluding steroid dienone is 1. The fourth-order valence-corrected chi connectivity index (χ4v) is 9.47. The monoisotopic (exact) mass is 716 g/mol. The molecule has 0 aliphatic carbocycles. The van der Waals surface area contributed by atoms with Gasteiger partial charge in [-0.3, -0.25) is 0 Å². The summed E-state index contributed by atoms with van der Waals surface area (Å²) >= 11 is 3.64. The van der Waals surface area contributed by atoms with Gasteiger partial charge in [0, 0.05) is 69.1 Å². The highest BCUT2D eigenvalue weighted by molar-refractivity contribution is 7.26. The molecule has 7 aromatic carbocycles. The third-order valence-corrected chi connectivity index (χ3v) is 12.1. The van der Waals surface area contributed by atoms with E-state index in [9.17, 15) is 0 Å². The van der Waals surface area contributed by atoms with Crippen molar-refractivity contribution in [1.82, 2.24) is 0 Å². The van der Waals surface area contributed by atoms with E-state index in [-0.39, 0.29) is 0 Å². The number of benzene rings is 7. The lowest BCUT2D eigenvalue weighted by Crippen LogP contribution is -2.10. The van der Waals surface area contributed by atoms with Crippen LogP contribution >= 0.6 is 22.7 Å². The topological polar surface area (TPSA) is 6.48 Å². The molecule has 9 rings (SSSR count). The molecule has 0 N–H and O–H groups in total. The Morgan fingerprint density at radius 3 is 1.64 bits per heavy atom. The Balaban J connectivity index is 1.26. The van der Waals surface area contributed by atoms with Crippen molar-refractivity contribution in [3.8, 4) is 11.1 Å². The Labute approximate surface area is 318 Å². The zero-order chi connectivity index (χ0) is 35.7. The van der Waals surface area contributed by atoms with Crippen LogP contribution in [0.4, 0.5) is 34.1 Å². The van der Waals surface area contributed by atoms with E-state index in [0.29, 0.717) is 0 Å². The fourth-order valence-electron chi connectivity index (χ4n) is 7.34. The predicted molar refractivity (Wildman–Crippen MR) is 234 cm³/mol. The minimum Gasteiger partial charge on any atom is -0.310 e. The maximum absolute atomic E-state index is 4.13. The van der Waals surface area contributed by atoms with E-state index in [4.69, 9.17) is 0 Å². The van der Waals surface area contributed by atoms with Gasteiger partial charge in [-0.05, 0) is 103 Å². The molecule has 0 atom stereocenters. The maximum Gasteiger partial charge on any atom is 0.0554 e. The third-order valence-electron chi connectivity index (χ3n) is 9.73. The van der Waals surface area contributed by atoms with Crippen LogP contribution in [0.15, 0.2) is 183 Å². The van der Waals surface area contributed by atoms with Crippen LogP contribution in [-0.4, -0.2) is 0 Å². The standard InChI is InChI=1S/C49H36N2S2/c1-3-15-41-42-32-39(28-30-46(42)52-45(41)4-2)50(38-26-24-35(25-27-38)34-16-8-5-9-17-34)40-29-31-47-43(33-40)49-44(22-14-23-48(49)53-47)51(36-18-10-6-11-19-36)37-20-12-7-13-21-37/h3-33H,2H2,1H3/b15-3-. The highest BCUT2D eigenvalue weighted by atomic mass is 32.1. The van der Waals surface area contributed by atoms with Crippen molar-refractivity contribution in [1.29, 1.82) is 0 Å². The molecule has 53 heavy (non-hydrogen) atoms. The highest BCUT2D eigenvalue weighted by Crippen LogP contribution is 2.47. The molecule has 0 saturated heterocycles. The zero-order valence-corrected chi connectivity index (χ0v) is 30.9. The molecule has 0 saturated carbocycles. The number of rotatable bonds is 9. The molecule has 0 spiro atoms. The molecule has 2 nitrogen and oxygen atoms in total. The quantitative estimate of drug-likeness (QED) is 0.147. The number of hydrogen-bond acceptors (Lipinski definition) is 4. The molecule has 0 fully saturated rings. The van der Waals surface area contributed by atoms with Crippen molar-refractivity contribution < 1.29 is 0 Å². The Kier molecular flexibility index (Phi) is 8.68. The van der Waals surface area contributed by atoms with E-state index in [1.807, 2.05) is 17.4 Å². The first-order valence-electron chi connectivity index (χ1n) is 17.8. The summed E-state index contributed by atoms with van der Waals surface area (Å²) in [6.45, 7) is 6.20. The summed E-state index contributed by atoms with van der Waals surface area (Å²) in [5.74, 6) is 0. The second kappa shape index (κ2) is 14.1. The van der Waals surface area contributed by atoms with Crippen molar-refractivity contribution in [3.05, 3.63) is 193 Å². The Morgan fingerprint density at radius 2 is 1.02 bits per heavy atom. The fraction of sp³-hybridized carbons (Fsp3) is 0.0204. The summed E-state index contributed by atoms with van der Waals surface area (Å²) in [5, 5.41) is 3.72. The van der Waals surface area contributed by atoms with E-state index in [2.05, 4.69) is 205 Å². The Morgan fingerprint density at radius 1 is 0.472 bits per heavy atom. The van der Waals surface area contributed by atoms with Gasteiger partial charge in [0.05, 0.1) is 5.69 Å². The number of hydrogen-bond donors (Lipinski definition) is 0. The molecule has 0 radical (unpaired) electrons. The van der Waals surface area contributed by atoms with Gasteiger partial charge in [-0.1, -0.05) is 110 Å². The molecular formula is C49H36N2S2. The van der Waals surface area contributed by atoms with Gasteiger partial charge in [-0.2, -0.15) is 0 Å². The van der Waals surface area contributed by atoms with Crippen LogP contribution in [0.1, 0.15) is 17.4 Å². The second-order valence-corrected chi connectivity index (χ2v) is 15.1. The Bertz CT molecular complexity index is 2700. The summed E-state index contributed by atoms with van der Waals surface area (Å²) in [7, 11) is 0. The van der Waals surface area contributed by atoms with Gasteiger partial charge in [0.2, 0.25) is 0 Å². The summed E-state index contributed by atoms with van der Waals surface area (Å²) in [4.78, 5) is 5.97. The van der Waals surface area contributed by atoms with E-state index < -0.39 is 0 Å². The minimum atomic E-state index is 1.10. The number of para-hydroxylation sites is 2. The lowest BCUT2D eigenvalue weighted by Gasteiger charge is -2.27. The minimum absolute atomic E-state index is 1.10. The second-order valence-electron chi connectivity index (χ2n) is 13.0. The van der Waals surface area contributed by atoms with Gasteiger partial charge >= 0.3 is 0 Å². The van der Waals surface area contributed by atoms with Gasteiger partial charge in [0.25, 0.3) is 0 Å². The SMILES string of the molecule is C=Cc1sc2ccc(N(c3ccc(-c4ccccc4)cc3)c3ccc4sc5cccc(N(c6ccccc6)c6ccccc6)c5c4c3)cc2c1/C=C\C. The molecule has 0 aliphatic heterocycles. The van der Waals surface area contributed by atoms with Crippen LogP contribution < -0.4 is 9.80 Å². The number of nitrogens with zero attached hydrogens (tertiary/aromatic N) is 2. The summed E-state index contributed by atoms with van der Waals surface area (Å²) in [6, 6.07) is 61.4. The summed E-state index contributed by atoms with van der Waals surface area (Å²) < 4.78 is 3.77. The first-order chi connectivity index (χ1) is 26.2. The number of anilines is 6. The molecule has 0 bridgehead atoms. The lowest BCUT2D eigenvalue weighted by molar-refractivity contribution is 1.29. The molecule has 4 heteroatoms. The first-order valence-corrected chi connectivity index (χ1v) is 19.5. The average molecular weight is 717 g/mol. The van der Waals surface area contributed by atoms with Gasteiger partial charge in [-0.15, -0.1) is 22.7 Å². The maximum atomic E-state index is 4.13. The first kappa shape index (κ1) is 32.7. The zero-order valence-electron chi connectivity index (χ0n) is 29.3. The predicted octanol–water partition coefficient (Wildman–Crippen LogP) is 15.6. The molecule has 9 aromatic rings. The van der Waals surface area contributed by atoms with E-state index in [0.717, 1.165) is 34.1 Å². The van der Waals surface area contributed by atoms with Gasteiger partial charge < -0.3 is 9.80 Å². The number of fused-ring (bicyclic) bond motifs is 4.